The van der Waals surface area contributed by atoms with Crippen molar-refractivity contribution in [2.24, 2.45) is 0 Å². The molecule has 2 aromatic rings. The van der Waals surface area contributed by atoms with E-state index in [2.05, 4.69) is 22.4 Å². The lowest BCUT2D eigenvalue weighted by molar-refractivity contribution is 0.0594. The Bertz CT molecular complexity index is 516. The van der Waals surface area contributed by atoms with E-state index in [9.17, 15) is 5.11 Å². The maximum absolute atomic E-state index is 9.51. The summed E-state index contributed by atoms with van der Waals surface area (Å²) >= 11 is 0. The highest BCUT2D eigenvalue weighted by atomic mass is 16.5. The summed E-state index contributed by atoms with van der Waals surface area (Å²) in [7, 11) is 1.59. The summed E-state index contributed by atoms with van der Waals surface area (Å²) < 4.78 is 4.88. The summed E-state index contributed by atoms with van der Waals surface area (Å²) in [6.07, 6.45) is 0.281. The van der Waals surface area contributed by atoms with Crippen molar-refractivity contribution in [2.45, 2.75) is 19.1 Å². The van der Waals surface area contributed by atoms with Gasteiger partial charge in [-0.3, -0.25) is 4.98 Å². The molecule has 1 aromatic heterocycles. The summed E-state index contributed by atoms with van der Waals surface area (Å²) in [4.78, 5) is 4.58. The molecule has 0 aliphatic carbocycles. The number of nitrogens with one attached hydrogen (secondary N) is 1. The van der Waals surface area contributed by atoms with Crippen LogP contribution in [0, 0.1) is 0 Å². The quantitative estimate of drug-likeness (QED) is 0.744. The number of fused-ring (bicyclic) bond motifs is 1. The van der Waals surface area contributed by atoms with Gasteiger partial charge in [-0.2, -0.15) is 0 Å². The number of benzene rings is 1. The number of para-hydroxylation sites is 1. The molecule has 0 bridgehead atoms. The van der Waals surface area contributed by atoms with Crippen LogP contribution in [0.1, 0.15) is 12.1 Å². The topological polar surface area (TPSA) is 54.4 Å². The first-order valence-electron chi connectivity index (χ1n) is 6.52. The molecule has 102 valence electrons. The van der Waals surface area contributed by atoms with E-state index in [4.69, 9.17) is 4.74 Å². The minimum atomic E-state index is -0.401. The van der Waals surface area contributed by atoms with Gasteiger partial charge in [0.05, 0.1) is 23.9 Å². The molecule has 1 atom stereocenters. The molecule has 0 radical (unpaired) electrons. The van der Waals surface area contributed by atoms with Gasteiger partial charge < -0.3 is 15.2 Å². The van der Waals surface area contributed by atoms with Gasteiger partial charge in [-0.1, -0.05) is 24.3 Å². The van der Waals surface area contributed by atoms with Crippen LogP contribution in [-0.2, 0) is 11.3 Å². The zero-order valence-electron chi connectivity index (χ0n) is 11.2. The highest BCUT2D eigenvalue weighted by Gasteiger charge is 2.03. The largest absolute Gasteiger partial charge is 0.391 e. The van der Waals surface area contributed by atoms with Crippen LogP contribution in [0.25, 0.3) is 10.9 Å². The Morgan fingerprint density at radius 3 is 2.95 bits per heavy atom. The molecule has 19 heavy (non-hydrogen) atoms. The Kier molecular flexibility index (Phi) is 5.27. The number of pyridine rings is 1. The molecule has 4 nitrogen and oxygen atoms in total. The first kappa shape index (κ1) is 13.9. The molecular weight excluding hydrogens is 240 g/mol. The van der Waals surface area contributed by atoms with Crippen LogP contribution >= 0.6 is 0 Å². The van der Waals surface area contributed by atoms with Crippen LogP contribution in [0.15, 0.2) is 36.4 Å². The van der Waals surface area contributed by atoms with Gasteiger partial charge in [-0.15, -0.1) is 0 Å². The number of hydrogen-bond donors (Lipinski definition) is 2. The third kappa shape index (κ3) is 4.28. The molecule has 2 N–H and O–H groups in total. The summed E-state index contributed by atoms with van der Waals surface area (Å²) in [5, 5.41) is 13.9. The fraction of sp³-hybridized carbons (Fsp3) is 0.400. The van der Waals surface area contributed by atoms with Crippen molar-refractivity contribution in [1.29, 1.82) is 0 Å². The van der Waals surface area contributed by atoms with E-state index in [0.717, 1.165) is 23.1 Å². The van der Waals surface area contributed by atoms with Gasteiger partial charge in [-0.25, -0.2) is 0 Å². The number of aromatic nitrogens is 1. The van der Waals surface area contributed by atoms with Crippen molar-refractivity contribution in [3.63, 3.8) is 0 Å². The minimum Gasteiger partial charge on any atom is -0.391 e. The maximum atomic E-state index is 9.51. The number of nitrogens with zero attached hydrogens (tertiary/aromatic N) is 1. The predicted octanol–water partition coefficient (Wildman–Crippen LogP) is 1.72. The average Bonchev–Trinajstić information content (AvgIpc) is 2.44. The lowest BCUT2D eigenvalue weighted by Crippen LogP contribution is -2.23. The first-order chi connectivity index (χ1) is 9.29. The fourth-order valence-corrected chi connectivity index (χ4v) is 1.97. The zero-order valence-corrected chi connectivity index (χ0v) is 11.2. The molecule has 0 saturated carbocycles. The molecule has 0 fully saturated rings. The second kappa shape index (κ2) is 7.19. The number of aliphatic hydroxyl groups is 1. The smallest absolute Gasteiger partial charge is 0.0785 e. The van der Waals surface area contributed by atoms with E-state index in [-0.39, 0.29) is 0 Å². The SMILES string of the molecule is COCC(O)CCNCc1ccc2ccccc2n1. The molecule has 0 aliphatic heterocycles. The van der Waals surface area contributed by atoms with Gasteiger partial charge in [0.2, 0.25) is 0 Å². The Morgan fingerprint density at radius 2 is 2.11 bits per heavy atom. The molecule has 2 rings (SSSR count). The van der Waals surface area contributed by atoms with Crippen molar-refractivity contribution in [3.8, 4) is 0 Å². The van der Waals surface area contributed by atoms with E-state index < -0.39 is 6.10 Å². The molecule has 0 spiro atoms. The normalized spacial score (nSPS) is 12.7. The van der Waals surface area contributed by atoms with Gasteiger partial charge in [0.1, 0.15) is 0 Å². The highest BCUT2D eigenvalue weighted by Crippen LogP contribution is 2.11. The van der Waals surface area contributed by atoms with Crippen molar-refractivity contribution < 1.29 is 9.84 Å². The predicted molar refractivity (Wildman–Crippen MR) is 75.9 cm³/mol. The van der Waals surface area contributed by atoms with Crippen LogP contribution in [0.5, 0.6) is 0 Å². The summed E-state index contributed by atoms with van der Waals surface area (Å²) in [5.74, 6) is 0. The fourth-order valence-electron chi connectivity index (χ4n) is 1.97. The first-order valence-corrected chi connectivity index (χ1v) is 6.52. The van der Waals surface area contributed by atoms with Gasteiger partial charge >= 0.3 is 0 Å². The van der Waals surface area contributed by atoms with Crippen molar-refractivity contribution in [3.05, 3.63) is 42.1 Å². The van der Waals surface area contributed by atoms with E-state index in [1.54, 1.807) is 7.11 Å². The van der Waals surface area contributed by atoms with Crippen molar-refractivity contribution >= 4 is 10.9 Å². The number of ether oxygens (including phenoxy) is 1. The van der Waals surface area contributed by atoms with Gasteiger partial charge in [-0.05, 0) is 25.1 Å². The van der Waals surface area contributed by atoms with Crippen LogP contribution in [0.4, 0.5) is 0 Å². The third-order valence-electron chi connectivity index (χ3n) is 2.98. The number of aliphatic hydroxyl groups excluding tert-OH is 1. The monoisotopic (exact) mass is 260 g/mol. The van der Waals surface area contributed by atoms with Gasteiger partial charge in [0.25, 0.3) is 0 Å². The molecule has 0 amide bonds. The van der Waals surface area contributed by atoms with Crippen molar-refractivity contribution in [2.75, 3.05) is 20.3 Å². The third-order valence-corrected chi connectivity index (χ3v) is 2.98. The Labute approximate surface area is 113 Å². The molecule has 1 aromatic carbocycles. The molecule has 1 heterocycles. The summed E-state index contributed by atoms with van der Waals surface area (Å²) in [5.41, 5.74) is 2.03. The maximum Gasteiger partial charge on any atom is 0.0785 e. The van der Waals surface area contributed by atoms with E-state index >= 15 is 0 Å². The summed E-state index contributed by atoms with van der Waals surface area (Å²) in [6.45, 7) is 1.85. The van der Waals surface area contributed by atoms with Crippen LogP contribution < -0.4 is 5.32 Å². The number of hydrogen-bond acceptors (Lipinski definition) is 4. The average molecular weight is 260 g/mol. The number of rotatable bonds is 7. The zero-order chi connectivity index (χ0) is 13.5. The van der Waals surface area contributed by atoms with Crippen molar-refractivity contribution in [1.82, 2.24) is 10.3 Å². The lowest BCUT2D eigenvalue weighted by Gasteiger charge is -2.10. The Hall–Kier alpha value is -1.49. The minimum absolute atomic E-state index is 0.385. The van der Waals surface area contributed by atoms with Gasteiger partial charge in [0, 0.05) is 19.0 Å². The molecule has 0 aliphatic rings. The Balaban J connectivity index is 1.81. The van der Waals surface area contributed by atoms with Gasteiger partial charge in [0.15, 0.2) is 0 Å². The number of methoxy groups -OCH3 is 1. The highest BCUT2D eigenvalue weighted by molar-refractivity contribution is 5.78. The molecular formula is C15H20N2O2. The van der Waals surface area contributed by atoms with Crippen LogP contribution in [0.3, 0.4) is 0 Å². The van der Waals surface area contributed by atoms with E-state index in [1.165, 1.54) is 0 Å². The molecule has 4 heteroatoms. The Morgan fingerprint density at radius 1 is 1.26 bits per heavy atom. The standard InChI is InChI=1S/C15H20N2O2/c1-19-11-14(18)8-9-16-10-13-7-6-12-4-2-3-5-15(12)17-13/h2-7,14,16,18H,8-11H2,1H3. The molecule has 1 unspecified atom stereocenters. The second-order valence-corrected chi connectivity index (χ2v) is 4.57. The second-order valence-electron chi connectivity index (χ2n) is 4.57. The van der Waals surface area contributed by atoms with E-state index in [0.29, 0.717) is 19.6 Å². The van der Waals surface area contributed by atoms with E-state index in [1.807, 2.05) is 24.3 Å². The summed E-state index contributed by atoms with van der Waals surface area (Å²) in [6, 6.07) is 12.2. The molecule has 0 saturated heterocycles. The van der Waals surface area contributed by atoms with Crippen LogP contribution in [0.2, 0.25) is 0 Å². The lowest BCUT2D eigenvalue weighted by atomic mass is 10.2. The van der Waals surface area contributed by atoms with Crippen LogP contribution in [-0.4, -0.2) is 36.5 Å².